The minimum absolute atomic E-state index is 0. The van der Waals surface area contributed by atoms with Gasteiger partial charge in [0, 0.05) is 12.5 Å². The van der Waals surface area contributed by atoms with E-state index in [1.54, 1.807) is 18.3 Å². The molecule has 0 atom stereocenters. The molecule has 0 spiro atoms. The van der Waals surface area contributed by atoms with Crippen LogP contribution in [-0.4, -0.2) is 11.1 Å². The fourth-order valence-corrected chi connectivity index (χ4v) is 1.05. The molecule has 13 heavy (non-hydrogen) atoms. The highest BCUT2D eigenvalue weighted by Crippen LogP contribution is 1.93. The van der Waals surface area contributed by atoms with Gasteiger partial charge in [-0.2, -0.15) is 0 Å². The van der Waals surface area contributed by atoms with E-state index in [1.165, 1.54) is 0 Å². The highest BCUT2D eigenvalue weighted by atomic mass is 127. The van der Waals surface area contributed by atoms with E-state index in [0.717, 1.165) is 13.0 Å². The second-order valence-corrected chi connectivity index (χ2v) is 2.64. The topological polar surface area (TPSA) is 41.2 Å². The lowest BCUT2D eigenvalue weighted by Crippen LogP contribution is -3.00. The molecule has 1 aromatic rings. The normalized spacial score (nSPS) is 9.00. The molecule has 1 aromatic heterocycles. The Kier molecular flexibility index (Phi) is 5.61. The lowest BCUT2D eigenvalue weighted by atomic mass is 10.3. The zero-order valence-electron chi connectivity index (χ0n) is 7.40. The van der Waals surface area contributed by atoms with Crippen molar-refractivity contribution < 1.29 is 38.4 Å². The Bertz CT molecular complexity index is 289. The maximum atomic E-state index is 10.5. The number of carboxylic acid groups (broad SMARTS) is 1. The number of nitrogens with zero attached hydrogens (tertiary/aromatic N) is 1. The standard InChI is InChI=1S/C9H11NO2.HI/c1-2-5-10-6-3-4-8(7-10)9(11)12;/h3-4,6-7H,2,5H2,1H3;1H. The highest BCUT2D eigenvalue weighted by Gasteiger charge is 2.06. The first-order valence-corrected chi connectivity index (χ1v) is 3.96. The molecule has 0 saturated heterocycles. The smallest absolute Gasteiger partial charge is 0.341 e. The van der Waals surface area contributed by atoms with Gasteiger partial charge in [0.05, 0.1) is 0 Å². The number of aryl methyl sites for hydroxylation is 1. The fourth-order valence-electron chi connectivity index (χ4n) is 1.05. The Morgan fingerprint density at radius 3 is 2.85 bits per heavy atom. The molecule has 0 amide bonds. The van der Waals surface area contributed by atoms with Gasteiger partial charge in [-0.25, -0.2) is 9.36 Å². The van der Waals surface area contributed by atoms with Crippen LogP contribution < -0.4 is 28.5 Å². The number of hydrogen-bond acceptors (Lipinski definition) is 1. The van der Waals surface area contributed by atoms with E-state index in [4.69, 9.17) is 5.11 Å². The molecule has 0 radical (unpaired) electrons. The largest absolute Gasteiger partial charge is 1.00 e. The van der Waals surface area contributed by atoms with Crippen LogP contribution in [0, 0.1) is 0 Å². The van der Waals surface area contributed by atoms with Crippen LogP contribution in [-0.2, 0) is 6.54 Å². The van der Waals surface area contributed by atoms with Crippen LogP contribution in [0.15, 0.2) is 24.5 Å². The van der Waals surface area contributed by atoms with Crippen molar-refractivity contribution in [2.45, 2.75) is 19.9 Å². The van der Waals surface area contributed by atoms with Gasteiger partial charge in [-0.15, -0.1) is 0 Å². The molecular formula is C9H12INO2. The summed E-state index contributed by atoms with van der Waals surface area (Å²) >= 11 is 0. The van der Waals surface area contributed by atoms with Crippen LogP contribution in [0.5, 0.6) is 0 Å². The van der Waals surface area contributed by atoms with Crippen molar-refractivity contribution in [1.82, 2.24) is 0 Å². The second-order valence-electron chi connectivity index (χ2n) is 2.64. The van der Waals surface area contributed by atoms with Crippen molar-refractivity contribution in [2.24, 2.45) is 0 Å². The Hall–Kier alpha value is -0.650. The zero-order chi connectivity index (χ0) is 8.97. The molecule has 0 unspecified atom stereocenters. The van der Waals surface area contributed by atoms with E-state index in [2.05, 4.69) is 6.92 Å². The summed E-state index contributed by atoms with van der Waals surface area (Å²) in [5.41, 5.74) is 0.339. The van der Waals surface area contributed by atoms with Gasteiger partial charge >= 0.3 is 5.97 Å². The summed E-state index contributed by atoms with van der Waals surface area (Å²) in [6.07, 6.45) is 4.52. The summed E-state index contributed by atoms with van der Waals surface area (Å²) in [6.45, 7) is 2.92. The highest BCUT2D eigenvalue weighted by molar-refractivity contribution is 5.86. The molecule has 0 aliphatic rings. The molecule has 72 valence electrons. The van der Waals surface area contributed by atoms with Crippen LogP contribution >= 0.6 is 0 Å². The molecule has 0 aromatic carbocycles. The van der Waals surface area contributed by atoms with E-state index in [0.29, 0.717) is 5.56 Å². The average Bonchev–Trinajstić information content (AvgIpc) is 2.05. The van der Waals surface area contributed by atoms with Gasteiger partial charge in [0.15, 0.2) is 12.4 Å². The predicted octanol–water partition coefficient (Wildman–Crippen LogP) is -1.91. The monoisotopic (exact) mass is 293 g/mol. The van der Waals surface area contributed by atoms with Crippen LogP contribution in [0.4, 0.5) is 0 Å². The van der Waals surface area contributed by atoms with Crippen molar-refractivity contribution in [3.05, 3.63) is 30.1 Å². The van der Waals surface area contributed by atoms with Crippen LogP contribution in [0.1, 0.15) is 23.7 Å². The first-order valence-electron chi connectivity index (χ1n) is 3.96. The van der Waals surface area contributed by atoms with Crippen molar-refractivity contribution in [3.8, 4) is 0 Å². The predicted molar refractivity (Wildman–Crippen MR) is 43.9 cm³/mol. The maximum absolute atomic E-state index is 10.5. The lowest BCUT2D eigenvalue weighted by Gasteiger charge is -1.94. The molecule has 1 N–H and O–H groups in total. The van der Waals surface area contributed by atoms with Gasteiger partial charge in [-0.1, -0.05) is 6.92 Å². The quantitative estimate of drug-likeness (QED) is 0.522. The third-order valence-corrected chi connectivity index (χ3v) is 1.59. The van der Waals surface area contributed by atoms with E-state index in [1.807, 2.05) is 10.8 Å². The molecule has 3 nitrogen and oxygen atoms in total. The van der Waals surface area contributed by atoms with Gasteiger partial charge in [0.1, 0.15) is 12.1 Å². The molecule has 0 fully saturated rings. The van der Waals surface area contributed by atoms with Crippen molar-refractivity contribution in [2.75, 3.05) is 0 Å². The summed E-state index contributed by atoms with van der Waals surface area (Å²) in [5, 5.41) is 8.66. The molecule has 0 aliphatic heterocycles. The molecule has 0 aliphatic carbocycles. The number of carbonyl (C=O) groups is 1. The van der Waals surface area contributed by atoms with Crippen LogP contribution in [0.2, 0.25) is 0 Å². The van der Waals surface area contributed by atoms with Gasteiger partial charge in [-0.3, -0.25) is 0 Å². The Morgan fingerprint density at radius 2 is 2.31 bits per heavy atom. The number of hydrogen-bond donors (Lipinski definition) is 1. The van der Waals surface area contributed by atoms with E-state index in [-0.39, 0.29) is 24.0 Å². The third-order valence-electron chi connectivity index (χ3n) is 1.59. The van der Waals surface area contributed by atoms with E-state index in [9.17, 15) is 4.79 Å². The lowest BCUT2D eigenvalue weighted by molar-refractivity contribution is -0.697. The molecule has 4 heteroatoms. The first-order chi connectivity index (χ1) is 5.74. The minimum Gasteiger partial charge on any atom is -1.00 e. The van der Waals surface area contributed by atoms with Crippen molar-refractivity contribution in [1.29, 1.82) is 0 Å². The number of carboxylic acids is 1. The Labute approximate surface area is 94.4 Å². The Morgan fingerprint density at radius 1 is 1.62 bits per heavy atom. The number of pyridine rings is 1. The summed E-state index contributed by atoms with van der Waals surface area (Å²) in [5.74, 6) is -0.875. The Balaban J connectivity index is 0.00000144. The van der Waals surface area contributed by atoms with Gasteiger partial charge in [0.2, 0.25) is 0 Å². The molecule has 0 bridgehead atoms. The SMILES string of the molecule is CCC[n+]1cccc(C(=O)O)c1.[I-]. The first kappa shape index (κ1) is 12.3. The number of aromatic carboxylic acids is 1. The second kappa shape index (κ2) is 5.90. The fraction of sp³-hybridized carbons (Fsp3) is 0.333. The minimum atomic E-state index is -0.875. The zero-order valence-corrected chi connectivity index (χ0v) is 9.56. The van der Waals surface area contributed by atoms with E-state index >= 15 is 0 Å². The maximum Gasteiger partial charge on any atom is 0.341 e. The van der Waals surface area contributed by atoms with E-state index < -0.39 is 5.97 Å². The van der Waals surface area contributed by atoms with Crippen molar-refractivity contribution in [3.63, 3.8) is 0 Å². The van der Waals surface area contributed by atoms with Crippen molar-refractivity contribution >= 4 is 5.97 Å². The summed E-state index contributed by atoms with van der Waals surface area (Å²) < 4.78 is 1.88. The summed E-state index contributed by atoms with van der Waals surface area (Å²) in [7, 11) is 0. The van der Waals surface area contributed by atoms with Gasteiger partial charge < -0.3 is 29.1 Å². The van der Waals surface area contributed by atoms with Crippen LogP contribution in [0.25, 0.3) is 0 Å². The summed E-state index contributed by atoms with van der Waals surface area (Å²) in [4.78, 5) is 10.5. The van der Waals surface area contributed by atoms with Crippen LogP contribution in [0.3, 0.4) is 0 Å². The molecule has 1 rings (SSSR count). The van der Waals surface area contributed by atoms with Gasteiger partial charge in [-0.05, 0) is 6.07 Å². The number of rotatable bonds is 3. The molecular weight excluding hydrogens is 281 g/mol. The third kappa shape index (κ3) is 3.71. The van der Waals surface area contributed by atoms with Gasteiger partial charge in [0.25, 0.3) is 0 Å². The average molecular weight is 293 g/mol. The number of halogens is 1. The molecule has 1 heterocycles. The number of aromatic nitrogens is 1. The molecule has 0 saturated carbocycles. The summed E-state index contributed by atoms with van der Waals surface area (Å²) in [6, 6.07) is 3.34.